The smallest absolute Gasteiger partial charge is 0.416 e. The monoisotopic (exact) mass is 532 g/mol. The summed E-state index contributed by atoms with van der Waals surface area (Å²) in [5, 5.41) is 0.401. The molecule has 0 aliphatic carbocycles. The standard InChI is InChI=1S/C24H24ClF3O4S2/c1-23(13-14-33-34-23)12-3-2-7-20(29)32-22(30)21(16-8-10-18(25)11-9-16)31-19-6-4-5-17(15-19)24(26,27)28/h4-6,8-11,15,21H,2-3,7,12-14H2,1H3/t21-,23-/m1/s1. The molecule has 0 radical (unpaired) electrons. The van der Waals surface area contributed by atoms with Gasteiger partial charge >= 0.3 is 18.1 Å². The third-order valence-corrected chi connectivity index (χ3v) is 8.94. The molecular formula is C24H24ClF3O4S2. The summed E-state index contributed by atoms with van der Waals surface area (Å²) in [6.45, 7) is 2.21. The zero-order chi connectivity index (χ0) is 24.8. The fourth-order valence-electron chi connectivity index (χ4n) is 3.41. The number of ether oxygens (including phenoxy) is 2. The van der Waals surface area contributed by atoms with Gasteiger partial charge in [-0.05, 0) is 56.5 Å². The molecule has 0 saturated carbocycles. The van der Waals surface area contributed by atoms with Gasteiger partial charge < -0.3 is 9.47 Å². The first-order valence-corrected chi connectivity index (χ1v) is 13.4. The molecule has 2 aromatic rings. The predicted molar refractivity (Wildman–Crippen MR) is 129 cm³/mol. The molecule has 2 atom stereocenters. The summed E-state index contributed by atoms with van der Waals surface area (Å²) in [4.78, 5) is 25.1. The lowest BCUT2D eigenvalue weighted by Gasteiger charge is -2.21. The van der Waals surface area contributed by atoms with Crippen molar-refractivity contribution in [3.05, 3.63) is 64.7 Å². The van der Waals surface area contributed by atoms with E-state index in [0.29, 0.717) is 17.0 Å². The Morgan fingerprint density at radius 1 is 1.15 bits per heavy atom. The Hall–Kier alpha value is -1.84. The molecule has 3 rings (SSSR count). The van der Waals surface area contributed by atoms with Crippen LogP contribution in [-0.2, 0) is 20.5 Å². The van der Waals surface area contributed by atoms with Crippen LogP contribution in [0.4, 0.5) is 13.2 Å². The Bertz CT molecular complexity index is 992. The first kappa shape index (κ1) is 26.8. The lowest BCUT2D eigenvalue weighted by atomic mass is 9.99. The predicted octanol–water partition coefficient (Wildman–Crippen LogP) is 7.65. The van der Waals surface area contributed by atoms with E-state index in [-0.39, 0.29) is 16.9 Å². The van der Waals surface area contributed by atoms with Gasteiger partial charge in [0, 0.05) is 27.5 Å². The van der Waals surface area contributed by atoms with Crippen molar-refractivity contribution in [2.75, 3.05) is 5.75 Å². The van der Waals surface area contributed by atoms with Gasteiger partial charge in [0.05, 0.1) is 5.56 Å². The van der Waals surface area contributed by atoms with Gasteiger partial charge in [0.1, 0.15) is 5.75 Å². The number of carbonyl (C=O) groups is 2. The second kappa shape index (κ2) is 11.7. The third kappa shape index (κ3) is 7.85. The van der Waals surface area contributed by atoms with Crippen molar-refractivity contribution < 1.29 is 32.2 Å². The lowest BCUT2D eigenvalue weighted by Crippen LogP contribution is -2.24. The van der Waals surface area contributed by atoms with Crippen LogP contribution in [0.3, 0.4) is 0 Å². The summed E-state index contributed by atoms with van der Waals surface area (Å²) in [5.74, 6) is -0.760. The molecule has 184 valence electrons. The van der Waals surface area contributed by atoms with Crippen LogP contribution < -0.4 is 4.74 Å². The molecule has 0 unspecified atom stereocenters. The Labute approximate surface area is 209 Å². The van der Waals surface area contributed by atoms with Crippen LogP contribution in [0.2, 0.25) is 5.02 Å². The van der Waals surface area contributed by atoms with E-state index >= 15 is 0 Å². The maximum absolute atomic E-state index is 13.1. The molecule has 0 amide bonds. The Balaban J connectivity index is 1.64. The van der Waals surface area contributed by atoms with Gasteiger partial charge in [-0.25, -0.2) is 4.79 Å². The van der Waals surface area contributed by atoms with E-state index in [1.165, 1.54) is 36.4 Å². The first-order valence-electron chi connectivity index (χ1n) is 10.7. The van der Waals surface area contributed by atoms with Gasteiger partial charge in [-0.3, -0.25) is 4.79 Å². The van der Waals surface area contributed by atoms with Crippen molar-refractivity contribution in [3.63, 3.8) is 0 Å². The quantitative estimate of drug-likeness (QED) is 0.143. The maximum Gasteiger partial charge on any atom is 0.416 e. The highest BCUT2D eigenvalue weighted by molar-refractivity contribution is 8.77. The summed E-state index contributed by atoms with van der Waals surface area (Å²) in [6, 6.07) is 10.2. The van der Waals surface area contributed by atoms with E-state index < -0.39 is 29.8 Å². The number of rotatable bonds is 9. The minimum atomic E-state index is -4.57. The van der Waals surface area contributed by atoms with Crippen LogP contribution in [0, 0.1) is 0 Å². The zero-order valence-corrected chi connectivity index (χ0v) is 20.8. The summed E-state index contributed by atoms with van der Waals surface area (Å²) >= 11 is 5.90. The Morgan fingerprint density at radius 2 is 1.88 bits per heavy atom. The minimum absolute atomic E-state index is 0.0660. The highest BCUT2D eigenvalue weighted by atomic mass is 35.5. The van der Waals surface area contributed by atoms with E-state index in [2.05, 4.69) is 6.92 Å². The van der Waals surface area contributed by atoms with Crippen molar-refractivity contribution in [1.29, 1.82) is 0 Å². The SMILES string of the molecule is C[C@@]1(CCCCC(=O)OC(=O)[C@H](Oc2cccc(C(F)(F)F)c2)c2ccc(Cl)cc2)CCSS1. The van der Waals surface area contributed by atoms with Crippen molar-refractivity contribution in [2.45, 2.75) is 56.1 Å². The molecule has 0 bridgehead atoms. The van der Waals surface area contributed by atoms with Crippen molar-refractivity contribution in [2.24, 2.45) is 0 Å². The van der Waals surface area contributed by atoms with E-state index in [1.54, 1.807) is 0 Å². The van der Waals surface area contributed by atoms with Crippen LogP contribution >= 0.6 is 33.2 Å². The van der Waals surface area contributed by atoms with Gasteiger partial charge in [0.25, 0.3) is 0 Å². The largest absolute Gasteiger partial charge is 0.474 e. The summed E-state index contributed by atoms with van der Waals surface area (Å²) in [6.07, 6.45) is -2.44. The molecular weight excluding hydrogens is 509 g/mol. The average molecular weight is 533 g/mol. The Morgan fingerprint density at radius 3 is 2.53 bits per heavy atom. The number of halogens is 4. The van der Waals surface area contributed by atoms with Crippen molar-refractivity contribution in [1.82, 2.24) is 0 Å². The number of esters is 2. The molecule has 10 heteroatoms. The Kier molecular flexibility index (Phi) is 9.23. The van der Waals surface area contributed by atoms with Crippen LogP contribution in [0.5, 0.6) is 5.75 Å². The molecule has 2 aromatic carbocycles. The highest BCUT2D eigenvalue weighted by Crippen LogP contribution is 2.49. The average Bonchev–Trinajstić information content (AvgIpc) is 3.22. The minimum Gasteiger partial charge on any atom is -0.474 e. The number of hydrogen-bond donors (Lipinski definition) is 0. The first-order chi connectivity index (χ1) is 16.1. The molecule has 0 spiro atoms. The van der Waals surface area contributed by atoms with E-state index in [9.17, 15) is 22.8 Å². The molecule has 4 nitrogen and oxygen atoms in total. The third-order valence-electron chi connectivity index (χ3n) is 5.33. The molecule has 0 aromatic heterocycles. The number of unbranched alkanes of at least 4 members (excludes halogenated alkanes) is 1. The topological polar surface area (TPSA) is 52.6 Å². The number of hydrogen-bond acceptors (Lipinski definition) is 6. The fraction of sp³-hybridized carbons (Fsp3) is 0.417. The lowest BCUT2D eigenvalue weighted by molar-refractivity contribution is -0.165. The summed E-state index contributed by atoms with van der Waals surface area (Å²) in [5.41, 5.74) is -0.625. The van der Waals surface area contributed by atoms with E-state index in [4.69, 9.17) is 21.1 Å². The van der Waals surface area contributed by atoms with Gasteiger partial charge in [0.2, 0.25) is 6.10 Å². The highest BCUT2D eigenvalue weighted by Gasteiger charge is 2.32. The van der Waals surface area contributed by atoms with Gasteiger partial charge in [-0.1, -0.05) is 57.8 Å². The van der Waals surface area contributed by atoms with Crippen LogP contribution in [0.25, 0.3) is 0 Å². The molecule has 1 heterocycles. The van der Waals surface area contributed by atoms with E-state index in [0.717, 1.165) is 37.1 Å². The molecule has 0 N–H and O–H groups in total. The van der Waals surface area contributed by atoms with Gasteiger partial charge in [0.15, 0.2) is 0 Å². The fourth-order valence-corrected chi connectivity index (χ4v) is 6.83. The maximum atomic E-state index is 13.1. The second-order valence-corrected chi connectivity index (χ2v) is 11.6. The molecule has 34 heavy (non-hydrogen) atoms. The van der Waals surface area contributed by atoms with Gasteiger partial charge in [-0.15, -0.1) is 0 Å². The van der Waals surface area contributed by atoms with Crippen LogP contribution in [0.15, 0.2) is 48.5 Å². The van der Waals surface area contributed by atoms with Crippen LogP contribution in [-0.4, -0.2) is 22.4 Å². The summed E-state index contributed by atoms with van der Waals surface area (Å²) in [7, 11) is 3.72. The molecule has 1 fully saturated rings. The summed E-state index contributed by atoms with van der Waals surface area (Å²) < 4.78 is 50.0. The second-order valence-electron chi connectivity index (χ2n) is 8.18. The molecule has 1 aliphatic rings. The molecule has 1 aliphatic heterocycles. The van der Waals surface area contributed by atoms with Crippen LogP contribution in [0.1, 0.15) is 56.3 Å². The number of alkyl halides is 3. The van der Waals surface area contributed by atoms with Gasteiger partial charge in [-0.2, -0.15) is 13.2 Å². The van der Waals surface area contributed by atoms with Crippen molar-refractivity contribution in [3.8, 4) is 5.75 Å². The normalized spacial score (nSPS) is 19.0. The zero-order valence-electron chi connectivity index (χ0n) is 18.4. The molecule has 1 saturated heterocycles. The number of benzene rings is 2. The number of carbonyl (C=O) groups excluding carboxylic acids is 2. The van der Waals surface area contributed by atoms with E-state index in [1.807, 2.05) is 21.6 Å². The van der Waals surface area contributed by atoms with Crippen molar-refractivity contribution >= 4 is 45.1 Å².